The summed E-state index contributed by atoms with van der Waals surface area (Å²) in [7, 11) is 0. The van der Waals surface area contributed by atoms with Gasteiger partial charge in [0.05, 0.1) is 5.69 Å². The fraction of sp³-hybridized carbons (Fsp3) is 0.200. The topological polar surface area (TPSA) is 36.0 Å². The summed E-state index contributed by atoms with van der Waals surface area (Å²) in [5.41, 5.74) is 21.5. The molecule has 0 atom stereocenters. The third kappa shape index (κ3) is 7.59. The molecule has 1 saturated carbocycles. The SMILES string of the molecule is CC(C)(C)c1ccc(N(c2ccccc2)c2ccc3c(c2)N(c2cccc4c2oc2ccccc24)c2cc(C4CCCCC4)cc4c2B3c2c(oc3ccc(-c5ccccc5)cc23)N4c2ccc(C(C)(C)C)cc2)cc1. The van der Waals surface area contributed by atoms with E-state index in [-0.39, 0.29) is 17.5 Å². The van der Waals surface area contributed by atoms with Crippen LogP contribution < -0.4 is 31.1 Å². The molecule has 0 spiro atoms. The van der Waals surface area contributed by atoms with Gasteiger partial charge in [-0.3, -0.25) is 4.90 Å². The molecule has 5 nitrogen and oxygen atoms in total. The van der Waals surface area contributed by atoms with Gasteiger partial charge in [-0.1, -0.05) is 176 Å². The lowest BCUT2D eigenvalue weighted by molar-refractivity contribution is 0.444. The molecule has 0 saturated heterocycles. The van der Waals surface area contributed by atoms with Gasteiger partial charge in [-0.15, -0.1) is 0 Å². The van der Waals surface area contributed by atoms with Crippen molar-refractivity contribution in [2.24, 2.45) is 0 Å². The summed E-state index contributed by atoms with van der Waals surface area (Å²) in [6.07, 6.45) is 6.08. The average Bonchev–Trinajstić information content (AvgIpc) is 4.17. The van der Waals surface area contributed by atoms with Crippen molar-refractivity contribution in [1.82, 2.24) is 0 Å². The molecule has 14 rings (SSSR count). The monoisotopic (exact) mass is 987 g/mol. The van der Waals surface area contributed by atoms with Crippen LogP contribution in [-0.4, -0.2) is 6.71 Å². The van der Waals surface area contributed by atoms with E-state index in [1.54, 1.807) is 0 Å². The minimum Gasteiger partial charge on any atom is -0.454 e. The number of anilines is 9. The highest BCUT2D eigenvalue weighted by Crippen LogP contribution is 2.51. The van der Waals surface area contributed by atoms with Crippen molar-refractivity contribution in [3.05, 3.63) is 217 Å². The Hall–Kier alpha value is -8.22. The van der Waals surface area contributed by atoms with Crippen molar-refractivity contribution < 1.29 is 8.83 Å². The second-order valence-corrected chi connectivity index (χ2v) is 23.6. The van der Waals surface area contributed by atoms with Gasteiger partial charge >= 0.3 is 0 Å². The van der Waals surface area contributed by atoms with Crippen LogP contribution in [0, 0.1) is 0 Å². The minimum absolute atomic E-state index is 0.00332. The maximum atomic E-state index is 7.40. The first-order valence-corrected chi connectivity index (χ1v) is 27.5. The molecule has 0 amide bonds. The van der Waals surface area contributed by atoms with Crippen molar-refractivity contribution in [2.45, 2.75) is 90.4 Å². The van der Waals surface area contributed by atoms with E-state index in [0.717, 1.165) is 78.5 Å². The smallest absolute Gasteiger partial charge is 0.257 e. The Morgan fingerprint density at radius 2 is 1.07 bits per heavy atom. The highest BCUT2D eigenvalue weighted by Gasteiger charge is 2.47. The molecule has 1 fully saturated rings. The summed E-state index contributed by atoms with van der Waals surface area (Å²) in [5, 5.41) is 3.34. The van der Waals surface area contributed by atoms with Crippen molar-refractivity contribution in [3.8, 4) is 11.1 Å². The molecule has 0 radical (unpaired) electrons. The van der Waals surface area contributed by atoms with Gasteiger partial charge in [-0.05, 0) is 153 Å². The quantitative estimate of drug-likeness (QED) is 0.149. The molecule has 0 N–H and O–H groups in total. The van der Waals surface area contributed by atoms with Crippen molar-refractivity contribution >= 4 is 107 Å². The van der Waals surface area contributed by atoms with Gasteiger partial charge < -0.3 is 18.6 Å². The second kappa shape index (κ2) is 17.7. The summed E-state index contributed by atoms with van der Waals surface area (Å²) in [5.74, 6) is 1.30. The molecule has 372 valence electrons. The number of rotatable bonds is 7. The van der Waals surface area contributed by atoms with Crippen LogP contribution in [0.5, 0.6) is 0 Å². The number of hydrogen-bond acceptors (Lipinski definition) is 5. The van der Waals surface area contributed by atoms with Gasteiger partial charge in [0.25, 0.3) is 6.71 Å². The lowest BCUT2D eigenvalue weighted by atomic mass is 9.33. The van der Waals surface area contributed by atoms with Crippen LogP contribution in [-0.2, 0) is 10.8 Å². The number of nitrogens with zero attached hydrogens (tertiary/aromatic N) is 3. The lowest BCUT2D eigenvalue weighted by Crippen LogP contribution is -2.61. The third-order valence-corrected chi connectivity index (χ3v) is 16.8. The Morgan fingerprint density at radius 1 is 0.447 bits per heavy atom. The maximum absolute atomic E-state index is 7.40. The number of fused-ring (bicyclic) bond motifs is 9. The Bertz CT molecular complexity index is 4000. The van der Waals surface area contributed by atoms with E-state index in [0.29, 0.717) is 5.92 Å². The number of hydrogen-bond donors (Lipinski definition) is 0. The van der Waals surface area contributed by atoms with Crippen LogP contribution in [0.25, 0.3) is 44.0 Å². The standard InChI is InChI=1S/C70H62BN3O2/c1-69(2,3)49-30-34-52(35-31-49)72(51-23-14-9-15-24-51)54-38-39-58-60(44-54)74(59-27-18-26-56-55-25-16-17-28-63(55)75-67(56)59)62-43-48(46-21-12-8-13-22-46)42-61-66(62)71(58)65-57-41-47(45-19-10-7-11-20-45)29-40-64(57)76-68(65)73(61)53-36-32-50(33-37-53)70(4,5)6/h7,9-11,14-20,23-44,46H,8,12-13,21-22H2,1-6H3. The Morgan fingerprint density at radius 3 is 1.79 bits per heavy atom. The van der Waals surface area contributed by atoms with Gasteiger partial charge in [-0.2, -0.15) is 0 Å². The first kappa shape index (κ1) is 46.3. The normalized spacial score (nSPS) is 14.6. The number of benzene rings is 9. The predicted octanol–water partition coefficient (Wildman–Crippen LogP) is 18.2. The number of para-hydroxylation sites is 3. The largest absolute Gasteiger partial charge is 0.454 e. The molecular formula is C70H62BN3O2. The Balaban J connectivity index is 1.10. The summed E-state index contributed by atoms with van der Waals surface area (Å²) < 4.78 is 14.5. The van der Waals surface area contributed by atoms with E-state index in [1.165, 1.54) is 82.1 Å². The fourth-order valence-corrected chi connectivity index (χ4v) is 12.8. The van der Waals surface area contributed by atoms with Crippen LogP contribution >= 0.6 is 0 Å². The molecule has 11 aromatic rings. The van der Waals surface area contributed by atoms with E-state index in [9.17, 15) is 0 Å². The highest BCUT2D eigenvalue weighted by molar-refractivity contribution is 7.01. The van der Waals surface area contributed by atoms with E-state index in [1.807, 2.05) is 0 Å². The molecule has 6 heteroatoms. The number of furan rings is 2. The van der Waals surface area contributed by atoms with Gasteiger partial charge in [0.2, 0.25) is 5.88 Å². The van der Waals surface area contributed by atoms with Crippen molar-refractivity contribution in [1.29, 1.82) is 0 Å². The zero-order valence-electron chi connectivity index (χ0n) is 44.4. The molecule has 0 bridgehead atoms. The molecule has 2 aliphatic heterocycles. The molecule has 2 aromatic heterocycles. The first-order chi connectivity index (χ1) is 37.0. The molecule has 0 unspecified atom stereocenters. The molecule has 9 aromatic carbocycles. The minimum atomic E-state index is -0.177. The highest BCUT2D eigenvalue weighted by atomic mass is 16.4. The summed E-state index contributed by atoms with van der Waals surface area (Å²) in [4.78, 5) is 7.45. The molecule has 3 aliphatic rings. The molecule has 4 heterocycles. The second-order valence-electron chi connectivity index (χ2n) is 23.6. The Kier molecular flexibility index (Phi) is 10.8. The zero-order valence-corrected chi connectivity index (χ0v) is 44.4. The maximum Gasteiger partial charge on any atom is 0.257 e. The molecular weight excluding hydrogens is 926 g/mol. The molecule has 76 heavy (non-hydrogen) atoms. The summed E-state index contributed by atoms with van der Waals surface area (Å²) >= 11 is 0. The van der Waals surface area contributed by atoms with Crippen molar-refractivity contribution in [3.63, 3.8) is 0 Å². The van der Waals surface area contributed by atoms with E-state index < -0.39 is 0 Å². The Labute approximate surface area is 447 Å². The van der Waals surface area contributed by atoms with Crippen LogP contribution in [0.1, 0.15) is 96.3 Å². The van der Waals surface area contributed by atoms with Crippen LogP contribution in [0.15, 0.2) is 209 Å². The molecule has 1 aliphatic carbocycles. The average molecular weight is 988 g/mol. The fourth-order valence-electron chi connectivity index (χ4n) is 12.8. The first-order valence-electron chi connectivity index (χ1n) is 27.5. The third-order valence-electron chi connectivity index (χ3n) is 16.8. The van der Waals surface area contributed by atoms with Gasteiger partial charge in [-0.25, -0.2) is 0 Å². The lowest BCUT2D eigenvalue weighted by Gasteiger charge is -2.43. The van der Waals surface area contributed by atoms with Crippen LogP contribution in [0.3, 0.4) is 0 Å². The van der Waals surface area contributed by atoms with Gasteiger partial charge in [0.15, 0.2) is 5.58 Å². The van der Waals surface area contributed by atoms with E-state index in [4.69, 9.17) is 8.83 Å². The van der Waals surface area contributed by atoms with Gasteiger partial charge in [0, 0.05) is 61.4 Å². The summed E-state index contributed by atoms with van der Waals surface area (Å²) in [6.45, 7) is 13.5. The van der Waals surface area contributed by atoms with E-state index >= 15 is 0 Å². The summed E-state index contributed by atoms with van der Waals surface area (Å²) in [6, 6.07) is 74.3. The van der Waals surface area contributed by atoms with Crippen LogP contribution in [0.4, 0.5) is 51.4 Å². The predicted molar refractivity (Wildman–Crippen MR) is 321 cm³/mol. The van der Waals surface area contributed by atoms with Crippen LogP contribution in [0.2, 0.25) is 0 Å². The van der Waals surface area contributed by atoms with E-state index in [2.05, 4.69) is 256 Å². The van der Waals surface area contributed by atoms with Crippen molar-refractivity contribution in [2.75, 3.05) is 14.7 Å². The van der Waals surface area contributed by atoms with Gasteiger partial charge in [0.1, 0.15) is 11.2 Å². The zero-order chi connectivity index (χ0) is 51.5.